The SMILES string of the molecule is O=C(CN1CCC(O)CC1)Nc1nc2c(s1)CCCC2. The zero-order valence-corrected chi connectivity index (χ0v) is 12.4. The number of fused-ring (bicyclic) bond motifs is 1. The first-order valence-corrected chi connectivity index (χ1v) is 8.21. The minimum atomic E-state index is -0.194. The molecular formula is C14H21N3O2S. The third-order valence-electron chi connectivity index (χ3n) is 4.02. The van der Waals surface area contributed by atoms with Crippen LogP contribution in [0.3, 0.4) is 0 Å². The predicted molar refractivity (Wildman–Crippen MR) is 79.1 cm³/mol. The van der Waals surface area contributed by atoms with E-state index >= 15 is 0 Å². The van der Waals surface area contributed by atoms with Gasteiger partial charge in [0.15, 0.2) is 5.13 Å². The molecule has 1 fully saturated rings. The summed E-state index contributed by atoms with van der Waals surface area (Å²) < 4.78 is 0. The lowest BCUT2D eigenvalue weighted by Gasteiger charge is -2.28. The molecule has 0 atom stereocenters. The van der Waals surface area contributed by atoms with Crippen molar-refractivity contribution in [3.05, 3.63) is 10.6 Å². The molecule has 1 amide bonds. The van der Waals surface area contributed by atoms with Gasteiger partial charge in [-0.05, 0) is 38.5 Å². The summed E-state index contributed by atoms with van der Waals surface area (Å²) in [4.78, 5) is 20.0. The number of hydrogen-bond acceptors (Lipinski definition) is 5. The lowest BCUT2D eigenvalue weighted by Crippen LogP contribution is -2.40. The van der Waals surface area contributed by atoms with E-state index in [0.29, 0.717) is 6.54 Å². The Balaban J connectivity index is 1.52. The number of thiazole rings is 1. The molecule has 1 aromatic rings. The third-order valence-corrected chi connectivity index (χ3v) is 5.09. The van der Waals surface area contributed by atoms with E-state index in [1.165, 1.54) is 23.4 Å². The summed E-state index contributed by atoms with van der Waals surface area (Å²) in [5, 5.41) is 13.1. The topological polar surface area (TPSA) is 65.5 Å². The number of nitrogens with zero attached hydrogens (tertiary/aromatic N) is 2. The number of carbonyl (C=O) groups excluding carboxylic acids is 1. The number of hydrogen-bond donors (Lipinski definition) is 2. The van der Waals surface area contributed by atoms with Gasteiger partial charge < -0.3 is 10.4 Å². The first-order chi connectivity index (χ1) is 9.70. The highest BCUT2D eigenvalue weighted by molar-refractivity contribution is 7.15. The molecule has 110 valence electrons. The molecular weight excluding hydrogens is 274 g/mol. The minimum Gasteiger partial charge on any atom is -0.393 e. The number of aliphatic hydroxyl groups excluding tert-OH is 1. The Morgan fingerprint density at radius 1 is 1.35 bits per heavy atom. The number of aromatic nitrogens is 1. The van der Waals surface area contributed by atoms with Gasteiger partial charge in [0.05, 0.1) is 18.3 Å². The van der Waals surface area contributed by atoms with Crippen LogP contribution in [0.2, 0.25) is 0 Å². The second-order valence-electron chi connectivity index (χ2n) is 5.65. The fraction of sp³-hybridized carbons (Fsp3) is 0.714. The van der Waals surface area contributed by atoms with E-state index in [9.17, 15) is 9.90 Å². The second-order valence-corrected chi connectivity index (χ2v) is 6.74. The largest absolute Gasteiger partial charge is 0.393 e. The van der Waals surface area contributed by atoms with Crippen molar-refractivity contribution in [3.63, 3.8) is 0 Å². The molecule has 6 heteroatoms. The van der Waals surface area contributed by atoms with Gasteiger partial charge in [-0.2, -0.15) is 0 Å². The van der Waals surface area contributed by atoms with Gasteiger partial charge in [0, 0.05) is 18.0 Å². The van der Waals surface area contributed by atoms with Crippen molar-refractivity contribution in [1.82, 2.24) is 9.88 Å². The van der Waals surface area contributed by atoms with Crippen LogP contribution < -0.4 is 5.32 Å². The quantitative estimate of drug-likeness (QED) is 0.885. The first-order valence-electron chi connectivity index (χ1n) is 7.39. The highest BCUT2D eigenvalue weighted by Gasteiger charge is 2.20. The number of amides is 1. The van der Waals surface area contributed by atoms with Crippen LogP contribution in [0.4, 0.5) is 5.13 Å². The lowest BCUT2D eigenvalue weighted by atomic mass is 10.0. The molecule has 0 radical (unpaired) electrons. The van der Waals surface area contributed by atoms with Crippen LogP contribution in [0.5, 0.6) is 0 Å². The number of rotatable bonds is 3. The molecule has 1 saturated heterocycles. The summed E-state index contributed by atoms with van der Waals surface area (Å²) in [6.45, 7) is 1.99. The van der Waals surface area contributed by atoms with Crippen molar-refractivity contribution in [2.45, 2.75) is 44.6 Å². The molecule has 5 nitrogen and oxygen atoms in total. The molecule has 2 N–H and O–H groups in total. The van der Waals surface area contributed by atoms with Crippen molar-refractivity contribution < 1.29 is 9.90 Å². The summed E-state index contributed by atoms with van der Waals surface area (Å²) in [5.41, 5.74) is 1.18. The molecule has 3 rings (SSSR count). The molecule has 2 aliphatic rings. The van der Waals surface area contributed by atoms with E-state index in [0.717, 1.165) is 43.9 Å². The lowest BCUT2D eigenvalue weighted by molar-refractivity contribution is -0.117. The molecule has 0 bridgehead atoms. The van der Waals surface area contributed by atoms with Gasteiger partial charge in [-0.1, -0.05) is 0 Å². The number of likely N-dealkylation sites (tertiary alicyclic amines) is 1. The summed E-state index contributed by atoms with van der Waals surface area (Å²) in [5.74, 6) is 0.00693. The average Bonchev–Trinajstić information content (AvgIpc) is 2.83. The van der Waals surface area contributed by atoms with Crippen LogP contribution in [0, 0.1) is 0 Å². The Hall–Kier alpha value is -0.980. The number of aryl methyl sites for hydroxylation is 2. The van der Waals surface area contributed by atoms with E-state index in [1.54, 1.807) is 11.3 Å². The van der Waals surface area contributed by atoms with Crippen molar-refractivity contribution in [3.8, 4) is 0 Å². The number of piperidine rings is 1. The maximum Gasteiger partial charge on any atom is 0.240 e. The Bertz CT molecular complexity index is 457. The molecule has 1 aliphatic carbocycles. The second kappa shape index (κ2) is 6.20. The Morgan fingerprint density at radius 2 is 2.10 bits per heavy atom. The van der Waals surface area contributed by atoms with Crippen molar-refractivity contribution in [1.29, 1.82) is 0 Å². The maximum atomic E-state index is 12.0. The van der Waals surface area contributed by atoms with Crippen LogP contribution in [-0.2, 0) is 17.6 Å². The molecule has 20 heavy (non-hydrogen) atoms. The van der Waals surface area contributed by atoms with Gasteiger partial charge in [0.2, 0.25) is 5.91 Å². The highest BCUT2D eigenvalue weighted by atomic mass is 32.1. The molecule has 1 aromatic heterocycles. The maximum absolute atomic E-state index is 12.0. The van der Waals surface area contributed by atoms with Crippen LogP contribution in [0.25, 0.3) is 0 Å². The van der Waals surface area contributed by atoms with Crippen molar-refractivity contribution >= 4 is 22.4 Å². The van der Waals surface area contributed by atoms with Crippen LogP contribution in [-0.4, -0.2) is 46.6 Å². The number of aliphatic hydroxyl groups is 1. The molecule has 0 saturated carbocycles. The van der Waals surface area contributed by atoms with Gasteiger partial charge >= 0.3 is 0 Å². The van der Waals surface area contributed by atoms with Gasteiger partial charge in [-0.15, -0.1) is 11.3 Å². The van der Waals surface area contributed by atoms with E-state index < -0.39 is 0 Å². The monoisotopic (exact) mass is 295 g/mol. The van der Waals surface area contributed by atoms with E-state index in [4.69, 9.17) is 0 Å². The fourth-order valence-corrected chi connectivity index (χ4v) is 3.91. The molecule has 1 aliphatic heterocycles. The number of carbonyl (C=O) groups is 1. The summed E-state index contributed by atoms with van der Waals surface area (Å²) in [6.07, 6.45) is 5.93. The van der Waals surface area contributed by atoms with Crippen LogP contribution >= 0.6 is 11.3 Å². The summed E-state index contributed by atoms with van der Waals surface area (Å²) >= 11 is 1.62. The molecule has 0 aromatic carbocycles. The Morgan fingerprint density at radius 3 is 2.85 bits per heavy atom. The fourth-order valence-electron chi connectivity index (χ4n) is 2.84. The van der Waals surface area contributed by atoms with E-state index in [1.807, 2.05) is 0 Å². The summed E-state index contributed by atoms with van der Waals surface area (Å²) in [6, 6.07) is 0. The molecule has 2 heterocycles. The first kappa shape index (κ1) is 14.0. The van der Waals surface area contributed by atoms with E-state index in [2.05, 4.69) is 15.2 Å². The Labute approximate surface area is 123 Å². The number of nitrogens with one attached hydrogen (secondary N) is 1. The third kappa shape index (κ3) is 3.37. The normalized spacial score (nSPS) is 20.6. The molecule has 0 spiro atoms. The number of anilines is 1. The zero-order chi connectivity index (χ0) is 13.9. The predicted octanol–water partition coefficient (Wildman–Crippen LogP) is 1.42. The van der Waals surface area contributed by atoms with Gasteiger partial charge in [-0.25, -0.2) is 4.98 Å². The Kier molecular flexibility index (Phi) is 4.33. The standard InChI is InChI=1S/C14H21N3O2S/c18-10-5-7-17(8-6-10)9-13(19)16-14-15-11-3-1-2-4-12(11)20-14/h10,18H,1-9H2,(H,15,16,19). The highest BCUT2D eigenvalue weighted by Crippen LogP contribution is 2.29. The van der Waals surface area contributed by atoms with Crippen molar-refractivity contribution in [2.75, 3.05) is 25.0 Å². The van der Waals surface area contributed by atoms with Gasteiger partial charge in [0.1, 0.15) is 0 Å². The summed E-state index contributed by atoms with van der Waals surface area (Å²) in [7, 11) is 0. The van der Waals surface area contributed by atoms with Crippen molar-refractivity contribution in [2.24, 2.45) is 0 Å². The van der Waals surface area contributed by atoms with Crippen LogP contribution in [0.15, 0.2) is 0 Å². The smallest absolute Gasteiger partial charge is 0.240 e. The minimum absolute atomic E-state index is 0.00693. The molecule has 0 unspecified atom stereocenters. The van der Waals surface area contributed by atoms with Crippen LogP contribution in [0.1, 0.15) is 36.3 Å². The zero-order valence-electron chi connectivity index (χ0n) is 11.6. The average molecular weight is 295 g/mol. The van der Waals surface area contributed by atoms with Gasteiger partial charge in [-0.3, -0.25) is 9.69 Å². The van der Waals surface area contributed by atoms with Gasteiger partial charge in [0.25, 0.3) is 0 Å². The van der Waals surface area contributed by atoms with E-state index in [-0.39, 0.29) is 12.0 Å².